The Morgan fingerprint density at radius 1 is 1.13 bits per heavy atom. The number of hydrogen-bond donors (Lipinski definition) is 0. The van der Waals surface area contributed by atoms with Crippen LogP contribution < -0.4 is 4.74 Å². The highest BCUT2D eigenvalue weighted by Gasteiger charge is 2.11. The molecule has 0 aliphatic carbocycles. The van der Waals surface area contributed by atoms with Crippen LogP contribution in [0, 0.1) is 5.82 Å². The van der Waals surface area contributed by atoms with E-state index in [0.29, 0.717) is 12.3 Å². The fourth-order valence-electron chi connectivity index (χ4n) is 2.26. The zero-order valence-electron chi connectivity index (χ0n) is 12.3. The Bertz CT molecular complexity index is 827. The number of rotatable bonds is 4. The van der Waals surface area contributed by atoms with Crippen molar-refractivity contribution in [3.63, 3.8) is 0 Å². The van der Waals surface area contributed by atoms with E-state index >= 15 is 0 Å². The van der Waals surface area contributed by atoms with E-state index in [2.05, 4.69) is 15.0 Å². The average Bonchev–Trinajstić information content (AvgIpc) is 2.58. The summed E-state index contributed by atoms with van der Waals surface area (Å²) >= 11 is 5.87. The van der Waals surface area contributed by atoms with E-state index < -0.39 is 5.82 Å². The SMILES string of the molecule is COc1ncc(Cc2cnccn2)cc1-c1ccc(F)c(Cl)c1. The molecular weight excluding hydrogens is 317 g/mol. The Morgan fingerprint density at radius 3 is 2.70 bits per heavy atom. The lowest BCUT2D eigenvalue weighted by Gasteiger charge is -2.10. The molecule has 0 N–H and O–H groups in total. The molecule has 0 saturated heterocycles. The van der Waals surface area contributed by atoms with Crippen molar-refractivity contribution in [2.24, 2.45) is 0 Å². The summed E-state index contributed by atoms with van der Waals surface area (Å²) in [6.45, 7) is 0. The fourth-order valence-corrected chi connectivity index (χ4v) is 2.44. The molecule has 3 aromatic rings. The van der Waals surface area contributed by atoms with Gasteiger partial charge in [-0.05, 0) is 29.3 Å². The molecule has 0 bridgehead atoms. The number of nitrogens with zero attached hydrogens (tertiary/aromatic N) is 3. The number of pyridine rings is 1. The van der Waals surface area contributed by atoms with Crippen LogP contribution in [0.1, 0.15) is 11.3 Å². The largest absolute Gasteiger partial charge is 0.481 e. The monoisotopic (exact) mass is 329 g/mol. The summed E-state index contributed by atoms with van der Waals surface area (Å²) in [6.07, 6.45) is 7.29. The molecule has 0 spiro atoms. The topological polar surface area (TPSA) is 47.9 Å². The molecule has 116 valence electrons. The zero-order chi connectivity index (χ0) is 16.2. The lowest BCUT2D eigenvalue weighted by atomic mass is 10.0. The van der Waals surface area contributed by atoms with Crippen molar-refractivity contribution in [2.45, 2.75) is 6.42 Å². The van der Waals surface area contributed by atoms with Gasteiger partial charge in [-0.25, -0.2) is 9.37 Å². The quantitative estimate of drug-likeness (QED) is 0.727. The Hall–Kier alpha value is -2.53. The molecule has 23 heavy (non-hydrogen) atoms. The number of ether oxygens (including phenoxy) is 1. The number of benzene rings is 1. The number of aromatic nitrogens is 3. The van der Waals surface area contributed by atoms with Crippen LogP contribution in [0.25, 0.3) is 11.1 Å². The first kappa shape index (κ1) is 15.4. The number of halogens is 2. The lowest BCUT2D eigenvalue weighted by molar-refractivity contribution is 0.399. The van der Waals surface area contributed by atoms with Gasteiger partial charge < -0.3 is 4.74 Å². The van der Waals surface area contributed by atoms with Gasteiger partial charge in [-0.3, -0.25) is 9.97 Å². The van der Waals surface area contributed by atoms with E-state index in [1.165, 1.54) is 6.07 Å². The van der Waals surface area contributed by atoms with Crippen molar-refractivity contribution >= 4 is 11.6 Å². The molecule has 0 radical (unpaired) electrons. The van der Waals surface area contributed by atoms with Crippen molar-refractivity contribution in [1.29, 1.82) is 0 Å². The highest BCUT2D eigenvalue weighted by Crippen LogP contribution is 2.31. The molecule has 2 heterocycles. The third-order valence-electron chi connectivity index (χ3n) is 3.33. The zero-order valence-corrected chi connectivity index (χ0v) is 13.1. The molecular formula is C17H13ClFN3O. The smallest absolute Gasteiger partial charge is 0.221 e. The van der Waals surface area contributed by atoms with E-state index in [4.69, 9.17) is 16.3 Å². The van der Waals surface area contributed by atoms with E-state index in [9.17, 15) is 4.39 Å². The van der Waals surface area contributed by atoms with Crippen LogP contribution in [0.3, 0.4) is 0 Å². The molecule has 0 atom stereocenters. The molecule has 0 saturated carbocycles. The fraction of sp³-hybridized carbons (Fsp3) is 0.118. The van der Waals surface area contributed by atoms with Gasteiger partial charge in [-0.15, -0.1) is 0 Å². The van der Waals surface area contributed by atoms with E-state index in [0.717, 1.165) is 22.4 Å². The Kier molecular flexibility index (Phi) is 4.48. The molecule has 1 aromatic carbocycles. The third kappa shape index (κ3) is 3.46. The molecule has 6 heteroatoms. The van der Waals surface area contributed by atoms with Crippen LogP contribution in [-0.2, 0) is 6.42 Å². The summed E-state index contributed by atoms with van der Waals surface area (Å²) in [5, 5.41) is 0.0592. The summed E-state index contributed by atoms with van der Waals surface area (Å²) in [6, 6.07) is 6.46. The van der Waals surface area contributed by atoms with Gasteiger partial charge in [0.25, 0.3) is 0 Å². The van der Waals surface area contributed by atoms with Gasteiger partial charge in [0.2, 0.25) is 5.88 Å². The Morgan fingerprint density at radius 2 is 2.00 bits per heavy atom. The van der Waals surface area contributed by atoms with Crippen molar-refractivity contribution in [3.8, 4) is 17.0 Å². The summed E-state index contributed by atoms with van der Waals surface area (Å²) < 4.78 is 18.7. The molecule has 0 unspecified atom stereocenters. The number of hydrogen-bond acceptors (Lipinski definition) is 4. The van der Waals surface area contributed by atoms with Gasteiger partial charge >= 0.3 is 0 Å². The standard InChI is InChI=1S/C17H13ClFN3O/c1-23-17-14(12-2-3-16(19)15(18)8-12)7-11(9-22-17)6-13-10-20-4-5-21-13/h2-5,7-10H,6H2,1H3. The van der Waals surface area contributed by atoms with Crippen molar-refractivity contribution in [1.82, 2.24) is 15.0 Å². The van der Waals surface area contributed by atoms with Gasteiger partial charge in [0, 0.05) is 36.8 Å². The molecule has 3 rings (SSSR count). The maximum atomic E-state index is 13.4. The third-order valence-corrected chi connectivity index (χ3v) is 3.62. The highest BCUT2D eigenvalue weighted by molar-refractivity contribution is 6.31. The highest BCUT2D eigenvalue weighted by atomic mass is 35.5. The van der Waals surface area contributed by atoms with Crippen molar-refractivity contribution in [3.05, 3.63) is 71.2 Å². The van der Waals surface area contributed by atoms with Gasteiger partial charge in [0.1, 0.15) is 5.82 Å². The summed E-state index contributed by atoms with van der Waals surface area (Å²) in [4.78, 5) is 12.6. The van der Waals surface area contributed by atoms with Crippen molar-refractivity contribution < 1.29 is 9.13 Å². The van der Waals surface area contributed by atoms with Gasteiger partial charge in [0.05, 0.1) is 17.8 Å². The second-order valence-corrected chi connectivity index (χ2v) is 5.31. The molecule has 0 amide bonds. The summed E-state index contributed by atoms with van der Waals surface area (Å²) in [7, 11) is 1.54. The first-order valence-electron chi connectivity index (χ1n) is 6.90. The second-order valence-electron chi connectivity index (χ2n) is 4.90. The maximum Gasteiger partial charge on any atom is 0.221 e. The van der Waals surface area contributed by atoms with E-state index in [1.54, 1.807) is 44.0 Å². The minimum Gasteiger partial charge on any atom is -0.481 e. The molecule has 2 aromatic heterocycles. The van der Waals surface area contributed by atoms with E-state index in [1.807, 2.05) is 6.07 Å². The van der Waals surface area contributed by atoms with Crippen LogP contribution in [0.2, 0.25) is 5.02 Å². The average molecular weight is 330 g/mol. The maximum absolute atomic E-state index is 13.4. The minimum absolute atomic E-state index is 0.0592. The first-order valence-corrected chi connectivity index (χ1v) is 7.28. The molecule has 4 nitrogen and oxygen atoms in total. The van der Waals surface area contributed by atoms with Crippen LogP contribution in [-0.4, -0.2) is 22.1 Å². The van der Waals surface area contributed by atoms with Gasteiger partial charge in [-0.2, -0.15) is 0 Å². The normalized spacial score (nSPS) is 10.6. The van der Waals surface area contributed by atoms with Crippen molar-refractivity contribution in [2.75, 3.05) is 7.11 Å². The summed E-state index contributed by atoms with van der Waals surface area (Å²) in [5.74, 6) is -0.00590. The van der Waals surface area contributed by atoms with Gasteiger partial charge in [0.15, 0.2) is 0 Å². The van der Waals surface area contributed by atoms with Crippen LogP contribution in [0.4, 0.5) is 4.39 Å². The van der Waals surface area contributed by atoms with E-state index in [-0.39, 0.29) is 5.02 Å². The molecule has 0 aliphatic heterocycles. The van der Waals surface area contributed by atoms with Crippen LogP contribution >= 0.6 is 11.6 Å². The minimum atomic E-state index is -0.460. The van der Waals surface area contributed by atoms with Crippen LogP contribution in [0.5, 0.6) is 5.88 Å². The summed E-state index contributed by atoms with van der Waals surface area (Å²) in [5.41, 5.74) is 3.27. The second kappa shape index (κ2) is 6.71. The first-order chi connectivity index (χ1) is 11.2. The van der Waals surface area contributed by atoms with Crippen LogP contribution in [0.15, 0.2) is 49.1 Å². The predicted molar refractivity (Wildman–Crippen MR) is 86.0 cm³/mol. The lowest BCUT2D eigenvalue weighted by Crippen LogP contribution is -1.97. The van der Waals surface area contributed by atoms with Gasteiger partial charge in [-0.1, -0.05) is 17.7 Å². The Balaban J connectivity index is 2.00. The molecule has 0 aliphatic rings. The predicted octanol–water partition coefficient (Wildman–Crippen LogP) is 3.93. The molecule has 0 fully saturated rings. The Labute approximate surface area is 138 Å². The number of methoxy groups -OCH3 is 1.